The zero-order chi connectivity index (χ0) is 11.7. The molecule has 1 aromatic rings. The molecule has 2 heterocycles. The molecule has 0 unspecified atom stereocenters. The molecule has 0 radical (unpaired) electrons. The fourth-order valence-electron chi connectivity index (χ4n) is 1.84. The number of β-amino-alcohol motifs (C(OH)–C–C–N with tert-alkyl or cyclic N) is 1. The Morgan fingerprint density at radius 3 is 2.69 bits per heavy atom. The molecular formula is C12H16N2O2. The van der Waals surface area contributed by atoms with Gasteiger partial charge in [0.2, 0.25) is 5.91 Å². The van der Waals surface area contributed by atoms with Gasteiger partial charge in [-0.25, -0.2) is 0 Å². The van der Waals surface area contributed by atoms with Gasteiger partial charge in [0.25, 0.3) is 0 Å². The maximum Gasteiger partial charge on any atom is 0.229 e. The summed E-state index contributed by atoms with van der Waals surface area (Å²) in [6.45, 7) is 4.53. The minimum Gasteiger partial charge on any atom is -0.391 e. The van der Waals surface area contributed by atoms with Crippen LogP contribution in [0, 0.1) is 0 Å². The lowest BCUT2D eigenvalue weighted by atomic mass is 10.1. The van der Waals surface area contributed by atoms with Gasteiger partial charge in [0.15, 0.2) is 0 Å². The SMILES string of the molecule is CC(C)c1ccc(N2C[C@H](O)CC2=O)cn1. The Hall–Kier alpha value is -1.42. The molecule has 1 aliphatic rings. The van der Waals surface area contributed by atoms with Crippen LogP contribution in [0.2, 0.25) is 0 Å². The second kappa shape index (κ2) is 4.22. The Bertz CT molecular complexity index is 387. The normalized spacial score (nSPS) is 20.9. The van der Waals surface area contributed by atoms with Crippen LogP contribution in [0.5, 0.6) is 0 Å². The number of aliphatic hydroxyl groups is 1. The van der Waals surface area contributed by atoms with E-state index in [9.17, 15) is 9.90 Å². The van der Waals surface area contributed by atoms with Crippen LogP contribution < -0.4 is 4.90 Å². The Labute approximate surface area is 94.9 Å². The van der Waals surface area contributed by atoms with Crippen LogP contribution in [0.25, 0.3) is 0 Å². The molecule has 4 heteroatoms. The van der Waals surface area contributed by atoms with Gasteiger partial charge in [-0.1, -0.05) is 13.8 Å². The minimum atomic E-state index is -0.544. The number of pyridine rings is 1. The van der Waals surface area contributed by atoms with E-state index in [4.69, 9.17) is 0 Å². The van der Waals surface area contributed by atoms with E-state index in [0.29, 0.717) is 12.5 Å². The van der Waals surface area contributed by atoms with E-state index < -0.39 is 6.10 Å². The van der Waals surface area contributed by atoms with E-state index in [1.807, 2.05) is 12.1 Å². The molecule has 1 fully saturated rings. The minimum absolute atomic E-state index is 0.0356. The second-order valence-electron chi connectivity index (χ2n) is 4.46. The molecule has 1 aliphatic heterocycles. The zero-order valence-electron chi connectivity index (χ0n) is 9.55. The van der Waals surface area contributed by atoms with Crippen LogP contribution >= 0.6 is 0 Å². The third-order valence-corrected chi connectivity index (χ3v) is 2.78. The second-order valence-corrected chi connectivity index (χ2v) is 4.46. The summed E-state index contributed by atoms with van der Waals surface area (Å²) in [6, 6.07) is 3.82. The number of amides is 1. The molecule has 1 amide bonds. The van der Waals surface area contributed by atoms with Crippen molar-refractivity contribution in [2.45, 2.75) is 32.3 Å². The number of hydrogen-bond acceptors (Lipinski definition) is 3. The molecule has 1 saturated heterocycles. The first-order valence-corrected chi connectivity index (χ1v) is 5.52. The quantitative estimate of drug-likeness (QED) is 0.817. The topological polar surface area (TPSA) is 53.4 Å². The van der Waals surface area contributed by atoms with Crippen LogP contribution in [-0.4, -0.2) is 28.6 Å². The van der Waals surface area contributed by atoms with E-state index >= 15 is 0 Å². The Morgan fingerprint density at radius 2 is 2.25 bits per heavy atom. The summed E-state index contributed by atoms with van der Waals surface area (Å²) < 4.78 is 0. The standard InChI is InChI=1S/C12H16N2O2/c1-8(2)11-4-3-9(6-13-11)14-7-10(15)5-12(14)16/h3-4,6,8,10,15H,5,7H2,1-2H3/t10-/m1/s1. The molecule has 1 aromatic heterocycles. The first-order valence-electron chi connectivity index (χ1n) is 5.52. The lowest BCUT2D eigenvalue weighted by Crippen LogP contribution is -2.25. The van der Waals surface area contributed by atoms with Gasteiger partial charge >= 0.3 is 0 Å². The van der Waals surface area contributed by atoms with E-state index in [-0.39, 0.29) is 12.3 Å². The van der Waals surface area contributed by atoms with Crippen LogP contribution in [-0.2, 0) is 4.79 Å². The predicted octanol–water partition coefficient (Wildman–Crippen LogP) is 1.30. The van der Waals surface area contributed by atoms with E-state index in [2.05, 4.69) is 18.8 Å². The van der Waals surface area contributed by atoms with Crippen LogP contribution in [0.1, 0.15) is 31.9 Å². The molecule has 0 saturated carbocycles. The number of nitrogens with zero attached hydrogens (tertiary/aromatic N) is 2. The average molecular weight is 220 g/mol. The molecule has 1 N–H and O–H groups in total. The highest BCUT2D eigenvalue weighted by atomic mass is 16.3. The highest BCUT2D eigenvalue weighted by Gasteiger charge is 2.29. The van der Waals surface area contributed by atoms with Crippen molar-refractivity contribution in [3.05, 3.63) is 24.0 Å². The number of aliphatic hydroxyl groups excluding tert-OH is 1. The van der Waals surface area contributed by atoms with Gasteiger partial charge in [-0.2, -0.15) is 0 Å². The number of carbonyl (C=O) groups excluding carboxylic acids is 1. The maximum atomic E-state index is 11.5. The third kappa shape index (κ3) is 2.07. The number of aromatic nitrogens is 1. The van der Waals surface area contributed by atoms with Crippen LogP contribution in [0.3, 0.4) is 0 Å². The fraction of sp³-hybridized carbons (Fsp3) is 0.500. The van der Waals surface area contributed by atoms with Crippen molar-refractivity contribution in [1.82, 2.24) is 4.98 Å². The first-order chi connectivity index (χ1) is 7.58. The molecule has 0 aromatic carbocycles. The summed E-state index contributed by atoms with van der Waals surface area (Å²) >= 11 is 0. The molecular weight excluding hydrogens is 204 g/mol. The van der Waals surface area contributed by atoms with Crippen LogP contribution in [0.15, 0.2) is 18.3 Å². The van der Waals surface area contributed by atoms with Crippen molar-refractivity contribution < 1.29 is 9.90 Å². The van der Waals surface area contributed by atoms with E-state index in [1.165, 1.54) is 0 Å². The van der Waals surface area contributed by atoms with Crippen molar-refractivity contribution in [3.63, 3.8) is 0 Å². The Kier molecular flexibility index (Phi) is 2.92. The summed E-state index contributed by atoms with van der Waals surface area (Å²) in [5.41, 5.74) is 1.78. The summed E-state index contributed by atoms with van der Waals surface area (Å²) in [7, 11) is 0. The third-order valence-electron chi connectivity index (χ3n) is 2.78. The molecule has 0 aliphatic carbocycles. The smallest absolute Gasteiger partial charge is 0.229 e. The molecule has 16 heavy (non-hydrogen) atoms. The number of rotatable bonds is 2. The van der Waals surface area contributed by atoms with Gasteiger partial charge in [0.1, 0.15) is 0 Å². The maximum absolute atomic E-state index is 11.5. The summed E-state index contributed by atoms with van der Waals surface area (Å²) in [4.78, 5) is 17.4. The zero-order valence-corrected chi connectivity index (χ0v) is 9.55. The van der Waals surface area contributed by atoms with Gasteiger partial charge in [-0.3, -0.25) is 9.78 Å². The molecule has 2 rings (SSSR count). The molecule has 86 valence electrons. The average Bonchev–Trinajstić information content (AvgIpc) is 2.58. The predicted molar refractivity (Wildman–Crippen MR) is 61.3 cm³/mol. The largest absolute Gasteiger partial charge is 0.391 e. The fourth-order valence-corrected chi connectivity index (χ4v) is 1.84. The van der Waals surface area contributed by atoms with Crippen molar-refractivity contribution in [2.75, 3.05) is 11.4 Å². The van der Waals surface area contributed by atoms with Gasteiger partial charge in [0.05, 0.1) is 31.0 Å². The number of hydrogen-bond donors (Lipinski definition) is 1. The Balaban J connectivity index is 2.19. The van der Waals surface area contributed by atoms with Crippen molar-refractivity contribution in [3.8, 4) is 0 Å². The summed E-state index contributed by atoms with van der Waals surface area (Å²) in [6.07, 6.45) is 1.37. The van der Waals surface area contributed by atoms with Crippen molar-refractivity contribution >= 4 is 11.6 Å². The Morgan fingerprint density at radius 1 is 1.50 bits per heavy atom. The van der Waals surface area contributed by atoms with E-state index in [0.717, 1.165) is 11.4 Å². The first kappa shape index (κ1) is 11.1. The molecule has 0 bridgehead atoms. The van der Waals surface area contributed by atoms with Crippen molar-refractivity contribution in [1.29, 1.82) is 0 Å². The molecule has 0 spiro atoms. The van der Waals surface area contributed by atoms with Gasteiger partial charge in [0, 0.05) is 5.69 Å². The van der Waals surface area contributed by atoms with Crippen LogP contribution in [0.4, 0.5) is 5.69 Å². The molecule has 1 atom stereocenters. The number of anilines is 1. The highest BCUT2D eigenvalue weighted by molar-refractivity contribution is 5.95. The monoisotopic (exact) mass is 220 g/mol. The van der Waals surface area contributed by atoms with Gasteiger partial charge in [-0.15, -0.1) is 0 Å². The van der Waals surface area contributed by atoms with E-state index in [1.54, 1.807) is 11.1 Å². The number of carbonyl (C=O) groups is 1. The lowest BCUT2D eigenvalue weighted by Gasteiger charge is -2.16. The van der Waals surface area contributed by atoms with Gasteiger partial charge < -0.3 is 10.0 Å². The van der Waals surface area contributed by atoms with Gasteiger partial charge in [-0.05, 0) is 18.1 Å². The summed E-state index contributed by atoms with van der Waals surface area (Å²) in [5.74, 6) is 0.348. The molecule has 4 nitrogen and oxygen atoms in total. The highest BCUT2D eigenvalue weighted by Crippen LogP contribution is 2.22. The van der Waals surface area contributed by atoms with Crippen molar-refractivity contribution in [2.24, 2.45) is 0 Å². The lowest BCUT2D eigenvalue weighted by molar-refractivity contribution is -0.117. The summed E-state index contributed by atoms with van der Waals surface area (Å²) in [5, 5.41) is 9.39.